The lowest BCUT2D eigenvalue weighted by molar-refractivity contribution is 0.0636. The van der Waals surface area contributed by atoms with Crippen LogP contribution >= 0.6 is 11.6 Å². The van der Waals surface area contributed by atoms with Gasteiger partial charge in [0.25, 0.3) is 5.91 Å². The van der Waals surface area contributed by atoms with Crippen molar-refractivity contribution in [2.45, 2.75) is 44.7 Å². The van der Waals surface area contributed by atoms with Crippen LogP contribution in [0.2, 0.25) is 5.02 Å². The summed E-state index contributed by atoms with van der Waals surface area (Å²) in [6.45, 7) is 2.47. The molecule has 1 amide bonds. The van der Waals surface area contributed by atoms with Crippen LogP contribution in [-0.4, -0.2) is 29.4 Å². The van der Waals surface area contributed by atoms with Gasteiger partial charge in [-0.3, -0.25) is 4.79 Å². The lowest BCUT2D eigenvalue weighted by atomic mass is 9.90. The molecule has 0 spiro atoms. The van der Waals surface area contributed by atoms with Gasteiger partial charge in [0.1, 0.15) is 5.82 Å². The topological polar surface area (TPSA) is 46.3 Å². The molecule has 0 bridgehead atoms. The van der Waals surface area contributed by atoms with Gasteiger partial charge in [0.2, 0.25) is 0 Å². The summed E-state index contributed by atoms with van der Waals surface area (Å²) in [6.07, 6.45) is 3.57. The van der Waals surface area contributed by atoms with E-state index in [9.17, 15) is 9.18 Å². The van der Waals surface area contributed by atoms with E-state index in [1.165, 1.54) is 18.2 Å². The number of amides is 1. The first kappa shape index (κ1) is 15.3. The maximum atomic E-state index is 13.8. The maximum Gasteiger partial charge on any atom is 0.257 e. The summed E-state index contributed by atoms with van der Waals surface area (Å²) in [6, 6.07) is 4.45. The van der Waals surface area contributed by atoms with Crippen molar-refractivity contribution in [2.75, 3.05) is 6.54 Å². The number of rotatable bonds is 3. The number of nitrogens with zero attached hydrogens (tertiary/aromatic N) is 1. The summed E-state index contributed by atoms with van der Waals surface area (Å²) in [5, 5.41) is 0.372. The van der Waals surface area contributed by atoms with Gasteiger partial charge in [0.05, 0.1) is 5.56 Å². The molecular weight excluding hydrogens is 279 g/mol. The number of benzene rings is 1. The first-order valence-electron chi connectivity index (χ1n) is 7.04. The molecule has 3 nitrogen and oxygen atoms in total. The third-order valence-electron chi connectivity index (χ3n) is 3.94. The summed E-state index contributed by atoms with van der Waals surface area (Å²) < 4.78 is 13.8. The Labute approximate surface area is 123 Å². The molecule has 5 heteroatoms. The molecule has 0 saturated heterocycles. The van der Waals surface area contributed by atoms with E-state index in [-0.39, 0.29) is 23.6 Å². The van der Waals surface area contributed by atoms with E-state index < -0.39 is 5.82 Å². The molecule has 0 heterocycles. The summed E-state index contributed by atoms with van der Waals surface area (Å²) in [4.78, 5) is 14.3. The zero-order chi connectivity index (χ0) is 14.7. The lowest BCUT2D eigenvalue weighted by Gasteiger charge is -2.35. The first-order chi connectivity index (χ1) is 9.52. The molecule has 1 aromatic carbocycles. The van der Waals surface area contributed by atoms with Crippen LogP contribution in [0.3, 0.4) is 0 Å². The highest BCUT2D eigenvalue weighted by molar-refractivity contribution is 6.31. The van der Waals surface area contributed by atoms with Gasteiger partial charge in [-0.05, 0) is 50.8 Å². The standard InChI is InChI=1S/C15H20ClFN2O/c1-2-19(12-6-4-11(18)5-7-12)15(20)13-9-10(16)3-8-14(13)17/h3,8-9,11-12H,2,4-7,18H2,1H3. The average Bonchev–Trinajstić information content (AvgIpc) is 2.44. The third kappa shape index (κ3) is 3.30. The second kappa shape index (κ2) is 6.55. The van der Waals surface area contributed by atoms with Gasteiger partial charge in [-0.2, -0.15) is 0 Å². The van der Waals surface area contributed by atoms with Crippen molar-refractivity contribution < 1.29 is 9.18 Å². The summed E-state index contributed by atoms with van der Waals surface area (Å²) in [7, 11) is 0. The minimum absolute atomic E-state index is 0.0502. The molecule has 1 saturated carbocycles. The number of hydrogen-bond donors (Lipinski definition) is 1. The van der Waals surface area contributed by atoms with Gasteiger partial charge < -0.3 is 10.6 Å². The highest BCUT2D eigenvalue weighted by Crippen LogP contribution is 2.25. The summed E-state index contributed by atoms with van der Waals surface area (Å²) in [5.41, 5.74) is 5.94. The van der Waals surface area contributed by atoms with Crippen molar-refractivity contribution in [3.05, 3.63) is 34.6 Å². The molecular formula is C15H20ClFN2O. The molecule has 0 radical (unpaired) electrons. The molecule has 2 N–H and O–H groups in total. The van der Waals surface area contributed by atoms with Crippen molar-refractivity contribution >= 4 is 17.5 Å². The second-order valence-corrected chi connectivity index (χ2v) is 5.72. The van der Waals surface area contributed by atoms with Gasteiger partial charge in [-0.25, -0.2) is 4.39 Å². The molecule has 0 unspecified atom stereocenters. The fourth-order valence-corrected chi connectivity index (χ4v) is 2.97. The van der Waals surface area contributed by atoms with Crippen LogP contribution in [0.1, 0.15) is 43.0 Å². The van der Waals surface area contributed by atoms with Crippen molar-refractivity contribution in [3.8, 4) is 0 Å². The Morgan fingerprint density at radius 2 is 2.05 bits per heavy atom. The predicted octanol–water partition coefficient (Wildman–Crippen LogP) is 3.21. The van der Waals surface area contributed by atoms with Crippen molar-refractivity contribution in [1.29, 1.82) is 0 Å². The van der Waals surface area contributed by atoms with Crippen LogP contribution in [0.15, 0.2) is 18.2 Å². The zero-order valence-corrected chi connectivity index (χ0v) is 12.4. The molecule has 1 aliphatic carbocycles. The molecule has 1 aliphatic rings. The smallest absolute Gasteiger partial charge is 0.257 e. The van der Waals surface area contributed by atoms with E-state index in [4.69, 9.17) is 17.3 Å². The highest BCUT2D eigenvalue weighted by Gasteiger charge is 2.28. The molecule has 0 aliphatic heterocycles. The van der Waals surface area contributed by atoms with Crippen LogP contribution in [0, 0.1) is 5.82 Å². The van der Waals surface area contributed by atoms with Gasteiger partial charge in [0.15, 0.2) is 0 Å². The normalized spacial score (nSPS) is 22.6. The molecule has 20 heavy (non-hydrogen) atoms. The Morgan fingerprint density at radius 1 is 1.40 bits per heavy atom. The Hall–Kier alpha value is -1.13. The Balaban J connectivity index is 2.18. The first-order valence-corrected chi connectivity index (χ1v) is 7.42. The number of carbonyl (C=O) groups excluding carboxylic acids is 1. The van der Waals surface area contributed by atoms with Gasteiger partial charge in [0, 0.05) is 23.7 Å². The van der Waals surface area contributed by atoms with Crippen LogP contribution in [0.25, 0.3) is 0 Å². The van der Waals surface area contributed by atoms with E-state index in [1.807, 2.05) is 6.92 Å². The largest absolute Gasteiger partial charge is 0.336 e. The maximum absolute atomic E-state index is 13.8. The van der Waals surface area contributed by atoms with Crippen molar-refractivity contribution in [2.24, 2.45) is 5.73 Å². The number of hydrogen-bond acceptors (Lipinski definition) is 2. The molecule has 2 rings (SSSR count). The second-order valence-electron chi connectivity index (χ2n) is 5.28. The van der Waals surface area contributed by atoms with E-state index in [1.54, 1.807) is 4.90 Å². The van der Waals surface area contributed by atoms with Gasteiger partial charge in [-0.1, -0.05) is 11.6 Å². The molecule has 1 aromatic rings. The fourth-order valence-electron chi connectivity index (χ4n) is 2.80. The Kier molecular flexibility index (Phi) is 5.00. The van der Waals surface area contributed by atoms with E-state index in [0.717, 1.165) is 25.7 Å². The van der Waals surface area contributed by atoms with Crippen molar-refractivity contribution in [1.82, 2.24) is 4.90 Å². The molecule has 1 fully saturated rings. The Bertz CT molecular complexity index is 487. The quantitative estimate of drug-likeness (QED) is 0.931. The van der Waals surface area contributed by atoms with E-state index in [0.29, 0.717) is 11.6 Å². The summed E-state index contributed by atoms with van der Waals surface area (Å²) >= 11 is 5.86. The SMILES string of the molecule is CCN(C(=O)c1cc(Cl)ccc1F)C1CCC(N)CC1. The number of nitrogens with two attached hydrogens (primary N) is 1. The third-order valence-corrected chi connectivity index (χ3v) is 4.18. The lowest BCUT2D eigenvalue weighted by Crippen LogP contribution is -2.44. The van der Waals surface area contributed by atoms with Crippen molar-refractivity contribution in [3.63, 3.8) is 0 Å². The summed E-state index contributed by atoms with van der Waals surface area (Å²) in [5.74, 6) is -0.807. The zero-order valence-electron chi connectivity index (χ0n) is 11.6. The van der Waals surface area contributed by atoms with Crippen LogP contribution in [0.5, 0.6) is 0 Å². The molecule has 0 atom stereocenters. The number of carbonyl (C=O) groups is 1. The monoisotopic (exact) mass is 298 g/mol. The van der Waals surface area contributed by atoms with E-state index in [2.05, 4.69) is 0 Å². The number of halogens is 2. The predicted molar refractivity (Wildman–Crippen MR) is 78.4 cm³/mol. The van der Waals surface area contributed by atoms with Crippen LogP contribution in [-0.2, 0) is 0 Å². The molecule has 110 valence electrons. The average molecular weight is 299 g/mol. The highest BCUT2D eigenvalue weighted by atomic mass is 35.5. The van der Waals surface area contributed by atoms with Crippen LogP contribution < -0.4 is 5.73 Å². The fraction of sp³-hybridized carbons (Fsp3) is 0.533. The van der Waals surface area contributed by atoms with Crippen LogP contribution in [0.4, 0.5) is 4.39 Å². The van der Waals surface area contributed by atoms with Gasteiger partial charge >= 0.3 is 0 Å². The molecule has 0 aromatic heterocycles. The minimum Gasteiger partial charge on any atom is -0.336 e. The van der Waals surface area contributed by atoms with Gasteiger partial charge in [-0.15, -0.1) is 0 Å². The van der Waals surface area contributed by atoms with E-state index >= 15 is 0 Å². The minimum atomic E-state index is -0.523. The Morgan fingerprint density at radius 3 is 2.65 bits per heavy atom.